The fourth-order valence-corrected chi connectivity index (χ4v) is 10.3. The third kappa shape index (κ3) is 7.25. The fourth-order valence-electron chi connectivity index (χ4n) is 10.3. The Morgan fingerprint density at radius 3 is 1.30 bits per heavy atom. The van der Waals surface area contributed by atoms with Crippen molar-refractivity contribution in [1.82, 2.24) is 4.57 Å². The van der Waals surface area contributed by atoms with Crippen LogP contribution in [0.3, 0.4) is 0 Å². The highest BCUT2D eigenvalue weighted by Crippen LogP contribution is 2.42. The molecule has 324 valence electrons. The third-order valence-electron chi connectivity index (χ3n) is 13.6. The van der Waals surface area contributed by atoms with Crippen LogP contribution in [0.2, 0.25) is 0 Å². The van der Waals surface area contributed by atoms with E-state index < -0.39 is 0 Å². The lowest BCUT2D eigenvalue weighted by molar-refractivity contribution is 0.669. The minimum Gasteiger partial charge on any atom is -0.456 e. The summed E-state index contributed by atoms with van der Waals surface area (Å²) in [5.74, 6) is 0. The number of anilines is 3. The summed E-state index contributed by atoms with van der Waals surface area (Å²) in [6.07, 6.45) is 0. The van der Waals surface area contributed by atoms with Crippen LogP contribution in [0.4, 0.5) is 17.1 Å². The monoisotopic (exact) mass is 880 g/mol. The van der Waals surface area contributed by atoms with Gasteiger partial charge in [-0.15, -0.1) is 0 Å². The van der Waals surface area contributed by atoms with Gasteiger partial charge in [-0.2, -0.15) is 0 Å². The van der Waals surface area contributed by atoms with Crippen molar-refractivity contribution in [2.75, 3.05) is 4.90 Å². The van der Waals surface area contributed by atoms with Gasteiger partial charge in [0.1, 0.15) is 11.2 Å². The standard InChI is InChI=1S/C66H44N2O/c1-2-14-45(15-3-1)49-16-10-17-50(42-49)46-30-36-54(37-31-46)67(57-21-12-20-53(44-57)58-25-13-29-65-66(58)61-24-6-9-28-64(61)69-65)55-38-32-47(33-39-55)51-18-11-19-52(43-51)48-34-40-56(41-35-48)68-62-26-7-4-22-59(62)60-23-5-8-27-63(60)68/h1-44H. The van der Waals surface area contributed by atoms with E-state index >= 15 is 0 Å². The minimum absolute atomic E-state index is 0.888. The van der Waals surface area contributed by atoms with Gasteiger partial charge < -0.3 is 13.9 Å². The van der Waals surface area contributed by atoms with Crippen molar-refractivity contribution in [2.24, 2.45) is 0 Å². The zero-order valence-electron chi connectivity index (χ0n) is 37.7. The highest BCUT2D eigenvalue weighted by Gasteiger charge is 2.18. The number of furan rings is 1. The van der Waals surface area contributed by atoms with E-state index in [4.69, 9.17) is 4.42 Å². The number of nitrogens with zero attached hydrogens (tertiary/aromatic N) is 2. The Bertz CT molecular complexity index is 3940. The van der Waals surface area contributed by atoms with Crippen molar-refractivity contribution in [3.8, 4) is 61.3 Å². The highest BCUT2D eigenvalue weighted by molar-refractivity contribution is 6.13. The van der Waals surface area contributed by atoms with Crippen molar-refractivity contribution in [3.63, 3.8) is 0 Å². The SMILES string of the molecule is c1ccc(-c2cccc(-c3ccc(N(c4ccc(-c5cccc(-c6ccc(-n7c8ccccc8c8ccccc87)cc6)c5)cc4)c4cccc(-c5cccc6oc7ccccc7c56)c4)cc3)c2)cc1. The summed E-state index contributed by atoms with van der Waals surface area (Å²) in [6.45, 7) is 0. The van der Waals surface area contributed by atoms with Gasteiger partial charge in [0.15, 0.2) is 0 Å². The fraction of sp³-hybridized carbons (Fsp3) is 0. The number of hydrogen-bond acceptors (Lipinski definition) is 2. The van der Waals surface area contributed by atoms with Gasteiger partial charge in [-0.05, 0) is 141 Å². The molecule has 0 bridgehead atoms. The predicted octanol–water partition coefficient (Wildman–Crippen LogP) is 18.5. The van der Waals surface area contributed by atoms with Crippen molar-refractivity contribution in [3.05, 3.63) is 267 Å². The van der Waals surface area contributed by atoms with E-state index in [9.17, 15) is 0 Å². The summed E-state index contributed by atoms with van der Waals surface area (Å²) >= 11 is 0. The lowest BCUT2D eigenvalue weighted by atomic mass is 9.97. The Balaban J connectivity index is 0.853. The van der Waals surface area contributed by atoms with Crippen LogP contribution < -0.4 is 4.90 Å². The Labute approximate surface area is 401 Å². The summed E-state index contributed by atoms with van der Waals surface area (Å²) in [5.41, 5.74) is 20.3. The molecule has 3 nitrogen and oxygen atoms in total. The van der Waals surface area contributed by atoms with Crippen molar-refractivity contribution in [1.29, 1.82) is 0 Å². The van der Waals surface area contributed by atoms with Gasteiger partial charge in [0.2, 0.25) is 0 Å². The van der Waals surface area contributed by atoms with Gasteiger partial charge in [0.05, 0.1) is 11.0 Å². The van der Waals surface area contributed by atoms with E-state index in [-0.39, 0.29) is 0 Å². The van der Waals surface area contributed by atoms with E-state index in [0.717, 1.165) is 61.4 Å². The molecule has 0 fully saturated rings. The average molecular weight is 881 g/mol. The highest BCUT2D eigenvalue weighted by atomic mass is 16.3. The molecule has 0 N–H and O–H groups in total. The largest absolute Gasteiger partial charge is 0.456 e. The molecule has 0 saturated carbocycles. The molecule has 0 aliphatic carbocycles. The summed E-state index contributed by atoms with van der Waals surface area (Å²) in [7, 11) is 0. The number of para-hydroxylation sites is 3. The summed E-state index contributed by atoms with van der Waals surface area (Å²) in [6, 6.07) is 96.1. The first kappa shape index (κ1) is 40.1. The van der Waals surface area contributed by atoms with Gasteiger partial charge in [0, 0.05) is 44.3 Å². The van der Waals surface area contributed by atoms with Crippen LogP contribution in [0.15, 0.2) is 271 Å². The first-order chi connectivity index (χ1) is 34.2. The van der Waals surface area contributed by atoms with Crippen molar-refractivity contribution >= 4 is 60.8 Å². The van der Waals surface area contributed by atoms with Gasteiger partial charge >= 0.3 is 0 Å². The number of hydrogen-bond donors (Lipinski definition) is 0. The number of benzene rings is 11. The van der Waals surface area contributed by atoms with E-state index in [1.807, 2.05) is 12.1 Å². The molecule has 0 aliphatic rings. The van der Waals surface area contributed by atoms with Crippen LogP contribution in [0.1, 0.15) is 0 Å². The maximum atomic E-state index is 6.32. The molecular formula is C66H44N2O. The van der Waals surface area contributed by atoms with Gasteiger partial charge in [-0.25, -0.2) is 0 Å². The van der Waals surface area contributed by atoms with Crippen molar-refractivity contribution < 1.29 is 4.42 Å². The molecule has 0 aliphatic heterocycles. The second-order valence-electron chi connectivity index (χ2n) is 17.7. The van der Waals surface area contributed by atoms with Crippen LogP contribution in [0.25, 0.3) is 105 Å². The topological polar surface area (TPSA) is 21.3 Å². The molecule has 0 saturated heterocycles. The van der Waals surface area contributed by atoms with Gasteiger partial charge in [-0.1, -0.05) is 182 Å². The molecule has 13 aromatic rings. The zero-order chi connectivity index (χ0) is 45.7. The van der Waals surface area contributed by atoms with Crippen LogP contribution in [-0.4, -0.2) is 4.57 Å². The average Bonchev–Trinajstić information content (AvgIpc) is 3.98. The van der Waals surface area contributed by atoms with Gasteiger partial charge in [0.25, 0.3) is 0 Å². The number of aromatic nitrogens is 1. The zero-order valence-corrected chi connectivity index (χ0v) is 37.7. The molecule has 13 rings (SSSR count). The van der Waals surface area contributed by atoms with E-state index in [1.54, 1.807) is 0 Å². The summed E-state index contributed by atoms with van der Waals surface area (Å²) < 4.78 is 8.69. The van der Waals surface area contributed by atoms with Gasteiger partial charge in [-0.3, -0.25) is 0 Å². The maximum Gasteiger partial charge on any atom is 0.136 e. The molecule has 0 radical (unpaired) electrons. The van der Waals surface area contributed by atoms with Crippen molar-refractivity contribution in [2.45, 2.75) is 0 Å². The summed E-state index contributed by atoms with van der Waals surface area (Å²) in [5, 5.41) is 4.78. The maximum absolute atomic E-state index is 6.32. The predicted molar refractivity (Wildman–Crippen MR) is 290 cm³/mol. The molecule has 0 amide bonds. The molecule has 0 atom stereocenters. The van der Waals surface area contributed by atoms with Crippen LogP contribution >= 0.6 is 0 Å². The normalized spacial score (nSPS) is 11.5. The van der Waals surface area contributed by atoms with E-state index in [1.165, 1.54) is 60.8 Å². The molecule has 2 heterocycles. The number of fused-ring (bicyclic) bond motifs is 6. The lowest BCUT2D eigenvalue weighted by Gasteiger charge is -2.26. The molecule has 69 heavy (non-hydrogen) atoms. The summed E-state index contributed by atoms with van der Waals surface area (Å²) in [4.78, 5) is 2.36. The Morgan fingerprint density at radius 1 is 0.275 bits per heavy atom. The molecule has 11 aromatic carbocycles. The quantitative estimate of drug-likeness (QED) is 0.144. The Kier molecular flexibility index (Phi) is 9.84. The first-order valence-corrected chi connectivity index (χ1v) is 23.6. The van der Waals surface area contributed by atoms with Crippen LogP contribution in [0, 0.1) is 0 Å². The third-order valence-corrected chi connectivity index (χ3v) is 13.6. The first-order valence-electron chi connectivity index (χ1n) is 23.6. The Hall–Kier alpha value is -9.18. The van der Waals surface area contributed by atoms with Crippen LogP contribution in [0.5, 0.6) is 0 Å². The molecule has 3 heteroatoms. The molecule has 0 unspecified atom stereocenters. The minimum atomic E-state index is 0.888. The number of rotatable bonds is 9. The second-order valence-corrected chi connectivity index (χ2v) is 17.7. The van der Waals surface area contributed by atoms with E-state index in [2.05, 4.69) is 264 Å². The van der Waals surface area contributed by atoms with E-state index in [0.29, 0.717) is 0 Å². The Morgan fingerprint density at radius 2 is 0.710 bits per heavy atom. The molecular weight excluding hydrogens is 837 g/mol. The molecule has 0 spiro atoms. The lowest BCUT2D eigenvalue weighted by Crippen LogP contribution is -2.10. The molecule has 2 aromatic heterocycles. The van der Waals surface area contributed by atoms with Crippen LogP contribution in [-0.2, 0) is 0 Å². The smallest absolute Gasteiger partial charge is 0.136 e. The second kappa shape index (κ2) is 16.9.